The van der Waals surface area contributed by atoms with Gasteiger partial charge in [0.2, 0.25) is 5.91 Å². The predicted octanol–water partition coefficient (Wildman–Crippen LogP) is 3.90. The highest BCUT2D eigenvalue weighted by Crippen LogP contribution is 2.35. The van der Waals surface area contributed by atoms with Crippen molar-refractivity contribution in [2.75, 3.05) is 16.8 Å². The number of aromatic nitrogens is 1. The van der Waals surface area contributed by atoms with Gasteiger partial charge in [-0.2, -0.15) is 13.2 Å². The summed E-state index contributed by atoms with van der Waals surface area (Å²) in [4.78, 5) is 16.4. The van der Waals surface area contributed by atoms with Crippen LogP contribution in [-0.4, -0.2) is 17.4 Å². The number of nitrogens with one attached hydrogen (secondary N) is 1. The summed E-state index contributed by atoms with van der Waals surface area (Å²) < 4.78 is 37.5. The van der Waals surface area contributed by atoms with Crippen molar-refractivity contribution in [1.29, 1.82) is 0 Å². The van der Waals surface area contributed by atoms with Gasteiger partial charge in [0.1, 0.15) is 4.88 Å². The summed E-state index contributed by atoms with van der Waals surface area (Å²) in [5.41, 5.74) is 1.76. The fourth-order valence-electron chi connectivity index (χ4n) is 2.38. The molecule has 0 bridgehead atoms. The molecule has 1 N–H and O–H groups in total. The molecule has 0 radical (unpaired) electrons. The molecule has 0 atom stereocenters. The number of alkyl halides is 3. The molecule has 1 aromatic heterocycles. The van der Waals surface area contributed by atoms with Crippen LogP contribution in [0.3, 0.4) is 0 Å². The van der Waals surface area contributed by atoms with E-state index in [9.17, 15) is 18.0 Å². The Labute approximate surface area is 135 Å². The third kappa shape index (κ3) is 3.64. The zero-order valence-electron chi connectivity index (χ0n) is 12.1. The number of rotatable bonds is 4. The van der Waals surface area contributed by atoms with E-state index in [0.717, 1.165) is 30.4 Å². The van der Waals surface area contributed by atoms with E-state index < -0.39 is 11.1 Å². The van der Waals surface area contributed by atoms with E-state index in [1.54, 1.807) is 4.90 Å². The second-order valence-corrected chi connectivity index (χ2v) is 6.23. The summed E-state index contributed by atoms with van der Waals surface area (Å²) in [5.74, 6) is 0.123. The Bertz CT molecular complexity index is 697. The molecule has 4 nitrogen and oxygen atoms in total. The van der Waals surface area contributed by atoms with Gasteiger partial charge in [-0.15, -0.1) is 0 Å². The Hall–Kier alpha value is -2.09. The third-order valence-corrected chi connectivity index (χ3v) is 4.55. The maximum absolute atomic E-state index is 12.5. The van der Waals surface area contributed by atoms with Crippen molar-refractivity contribution in [3.05, 3.63) is 40.9 Å². The zero-order chi connectivity index (χ0) is 16.4. The number of thiazole rings is 1. The van der Waals surface area contributed by atoms with Crippen LogP contribution >= 0.6 is 11.3 Å². The van der Waals surface area contributed by atoms with Gasteiger partial charge in [0.15, 0.2) is 5.13 Å². The highest BCUT2D eigenvalue weighted by atomic mass is 32.1. The quantitative estimate of drug-likeness (QED) is 0.917. The van der Waals surface area contributed by atoms with Crippen LogP contribution in [0.25, 0.3) is 0 Å². The maximum Gasteiger partial charge on any atom is 0.427 e. The molecular weight excluding hydrogens is 327 g/mol. The molecule has 23 heavy (non-hydrogen) atoms. The molecule has 8 heteroatoms. The van der Waals surface area contributed by atoms with Crippen molar-refractivity contribution in [1.82, 2.24) is 4.98 Å². The fourth-order valence-corrected chi connectivity index (χ4v) is 3.06. The zero-order valence-corrected chi connectivity index (χ0v) is 12.9. The number of hydrogen-bond acceptors (Lipinski definition) is 4. The minimum absolute atomic E-state index is 0.123. The molecular formula is C15H14F3N3OS. The van der Waals surface area contributed by atoms with Crippen LogP contribution in [0.4, 0.5) is 24.0 Å². The summed E-state index contributed by atoms with van der Waals surface area (Å²) in [6.07, 6.45) is -2.08. The van der Waals surface area contributed by atoms with Crippen LogP contribution in [0.5, 0.6) is 0 Å². The van der Waals surface area contributed by atoms with E-state index in [4.69, 9.17) is 0 Å². The number of amides is 1. The lowest BCUT2D eigenvalue weighted by atomic mass is 10.2. The van der Waals surface area contributed by atoms with Gasteiger partial charge in [-0.05, 0) is 24.1 Å². The first-order valence-electron chi connectivity index (χ1n) is 7.10. The lowest BCUT2D eigenvalue weighted by molar-refractivity contribution is -0.134. The first-order chi connectivity index (χ1) is 10.9. The van der Waals surface area contributed by atoms with Crippen LogP contribution in [0, 0.1) is 0 Å². The summed E-state index contributed by atoms with van der Waals surface area (Å²) >= 11 is 0.583. The number of carbonyl (C=O) groups excluding carboxylic acids is 1. The molecule has 1 amide bonds. The Morgan fingerprint density at radius 2 is 2.00 bits per heavy atom. The Balaban J connectivity index is 1.60. The highest BCUT2D eigenvalue weighted by molar-refractivity contribution is 7.15. The van der Waals surface area contributed by atoms with Crippen molar-refractivity contribution in [3.8, 4) is 0 Å². The van der Waals surface area contributed by atoms with Gasteiger partial charge in [-0.25, -0.2) is 4.98 Å². The molecule has 1 aliphatic rings. The second-order valence-electron chi connectivity index (χ2n) is 5.20. The lowest BCUT2D eigenvalue weighted by Gasteiger charge is -2.16. The Kier molecular flexibility index (Phi) is 4.25. The van der Waals surface area contributed by atoms with Crippen LogP contribution < -0.4 is 10.2 Å². The van der Waals surface area contributed by atoms with E-state index >= 15 is 0 Å². The van der Waals surface area contributed by atoms with Gasteiger partial charge < -0.3 is 10.2 Å². The number of hydrogen-bond donors (Lipinski definition) is 1. The molecule has 122 valence electrons. The van der Waals surface area contributed by atoms with E-state index in [2.05, 4.69) is 10.3 Å². The topological polar surface area (TPSA) is 45.2 Å². The molecule has 2 heterocycles. The molecule has 0 aliphatic carbocycles. The molecule has 0 spiro atoms. The van der Waals surface area contributed by atoms with E-state index in [1.165, 1.54) is 0 Å². The third-order valence-electron chi connectivity index (χ3n) is 3.55. The average Bonchev–Trinajstić information content (AvgIpc) is 3.14. The first kappa shape index (κ1) is 15.8. The van der Waals surface area contributed by atoms with Crippen molar-refractivity contribution >= 4 is 28.1 Å². The smallest absolute Gasteiger partial charge is 0.357 e. The van der Waals surface area contributed by atoms with E-state index in [1.807, 2.05) is 24.3 Å². The molecule has 2 aromatic rings. The molecule has 0 saturated carbocycles. The highest BCUT2D eigenvalue weighted by Gasteiger charge is 2.33. The van der Waals surface area contributed by atoms with Crippen molar-refractivity contribution in [3.63, 3.8) is 0 Å². The van der Waals surface area contributed by atoms with Crippen LogP contribution in [0.15, 0.2) is 30.5 Å². The monoisotopic (exact) mass is 341 g/mol. The Morgan fingerprint density at radius 1 is 1.26 bits per heavy atom. The van der Waals surface area contributed by atoms with Crippen LogP contribution in [0.1, 0.15) is 23.3 Å². The van der Waals surface area contributed by atoms with Gasteiger partial charge in [0, 0.05) is 25.2 Å². The minimum Gasteiger partial charge on any atom is -0.357 e. The van der Waals surface area contributed by atoms with Gasteiger partial charge in [0.05, 0.1) is 6.20 Å². The maximum atomic E-state index is 12.5. The van der Waals surface area contributed by atoms with E-state index in [-0.39, 0.29) is 11.0 Å². The van der Waals surface area contributed by atoms with Gasteiger partial charge in [0.25, 0.3) is 0 Å². The molecule has 1 aliphatic heterocycles. The SMILES string of the molecule is O=C1CCCN1c1ccc(CNc2ncc(C(F)(F)F)s2)cc1. The summed E-state index contributed by atoms with van der Waals surface area (Å²) in [7, 11) is 0. The van der Waals surface area contributed by atoms with Crippen molar-refractivity contribution < 1.29 is 18.0 Å². The molecule has 1 aromatic carbocycles. The molecule has 1 saturated heterocycles. The predicted molar refractivity (Wildman–Crippen MR) is 82.5 cm³/mol. The first-order valence-corrected chi connectivity index (χ1v) is 7.91. The summed E-state index contributed by atoms with van der Waals surface area (Å²) in [6, 6.07) is 7.41. The fraction of sp³-hybridized carbons (Fsp3) is 0.333. The number of halogens is 3. The number of anilines is 2. The average molecular weight is 341 g/mol. The lowest BCUT2D eigenvalue weighted by Crippen LogP contribution is -2.23. The minimum atomic E-state index is -4.36. The van der Waals surface area contributed by atoms with Crippen molar-refractivity contribution in [2.24, 2.45) is 0 Å². The molecule has 0 unspecified atom stereocenters. The largest absolute Gasteiger partial charge is 0.427 e. The molecule has 1 fully saturated rings. The van der Waals surface area contributed by atoms with Crippen LogP contribution in [0.2, 0.25) is 0 Å². The van der Waals surface area contributed by atoms with Gasteiger partial charge in [-0.1, -0.05) is 23.5 Å². The summed E-state index contributed by atoms with van der Waals surface area (Å²) in [6.45, 7) is 1.11. The van der Waals surface area contributed by atoms with Crippen LogP contribution in [-0.2, 0) is 17.5 Å². The number of benzene rings is 1. The summed E-state index contributed by atoms with van der Waals surface area (Å²) in [5, 5.41) is 3.11. The van der Waals surface area contributed by atoms with E-state index in [0.29, 0.717) is 24.3 Å². The Morgan fingerprint density at radius 3 is 2.57 bits per heavy atom. The van der Waals surface area contributed by atoms with Crippen molar-refractivity contribution in [2.45, 2.75) is 25.6 Å². The second kappa shape index (κ2) is 6.19. The standard InChI is InChI=1S/C15H14F3N3OS/c16-15(17,18)12-9-20-14(23-12)19-8-10-3-5-11(6-4-10)21-7-1-2-13(21)22/h3-6,9H,1-2,7-8H2,(H,19,20). The van der Waals surface area contributed by atoms with Gasteiger partial charge >= 0.3 is 6.18 Å². The molecule has 3 rings (SSSR count). The van der Waals surface area contributed by atoms with Gasteiger partial charge in [-0.3, -0.25) is 4.79 Å². The normalized spacial score (nSPS) is 15.3. The number of nitrogens with zero attached hydrogens (tertiary/aromatic N) is 2. The number of carbonyl (C=O) groups is 1.